The molecule has 2 aliphatic heterocycles. The molecule has 8 nitrogen and oxygen atoms in total. The standard InChI is InChI=1S/C33H33ClN4O4/c34-27-5-7-31(26(16-27)18-35)42-21-24-3-1-2-23(15-24)14-22-8-11-37(12-9-22)20-32-36-29-6-4-25(33(39)40)17-30(29)38(32)19-28-10-13-41-28/h1-7,15-17,22,28H,8-14,19-21H2,(H,39,40). The van der Waals surface area contributed by atoms with Crippen LogP contribution in [-0.2, 0) is 30.9 Å². The van der Waals surface area contributed by atoms with Gasteiger partial charge in [0.25, 0.3) is 0 Å². The van der Waals surface area contributed by atoms with Gasteiger partial charge in [0.2, 0.25) is 0 Å². The lowest BCUT2D eigenvalue weighted by molar-refractivity contribution is -0.0592. The smallest absolute Gasteiger partial charge is 0.335 e. The number of halogens is 1. The largest absolute Gasteiger partial charge is 0.488 e. The zero-order valence-corrected chi connectivity index (χ0v) is 24.1. The normalized spacial score (nSPS) is 17.6. The van der Waals surface area contributed by atoms with Gasteiger partial charge in [0.15, 0.2) is 0 Å². The lowest BCUT2D eigenvalue weighted by Crippen LogP contribution is -2.36. The maximum Gasteiger partial charge on any atom is 0.335 e. The summed E-state index contributed by atoms with van der Waals surface area (Å²) in [5, 5.41) is 19.4. The van der Waals surface area contributed by atoms with Crippen molar-refractivity contribution in [2.75, 3.05) is 19.7 Å². The van der Waals surface area contributed by atoms with E-state index in [9.17, 15) is 15.2 Å². The first kappa shape index (κ1) is 28.2. The van der Waals surface area contributed by atoms with Crippen LogP contribution < -0.4 is 4.74 Å². The quantitative estimate of drug-likeness (QED) is 0.241. The molecular formula is C33H33ClN4O4. The van der Waals surface area contributed by atoms with Gasteiger partial charge in [-0.15, -0.1) is 0 Å². The molecule has 0 saturated carbocycles. The number of ether oxygens (including phenoxy) is 2. The molecule has 2 fully saturated rings. The molecular weight excluding hydrogens is 552 g/mol. The van der Waals surface area contributed by atoms with Crippen molar-refractivity contribution in [2.45, 2.75) is 51.5 Å². The first-order valence-corrected chi connectivity index (χ1v) is 14.8. The zero-order valence-electron chi connectivity index (χ0n) is 23.3. The van der Waals surface area contributed by atoms with Gasteiger partial charge < -0.3 is 19.1 Å². The van der Waals surface area contributed by atoms with Crippen LogP contribution in [0.1, 0.15) is 52.1 Å². The molecule has 0 bridgehead atoms. The van der Waals surface area contributed by atoms with E-state index in [4.69, 9.17) is 26.1 Å². The Kier molecular flexibility index (Phi) is 8.43. The summed E-state index contributed by atoms with van der Waals surface area (Å²) in [5.41, 5.74) is 4.76. The Morgan fingerprint density at radius 2 is 1.90 bits per heavy atom. The number of hydrogen-bond acceptors (Lipinski definition) is 6. The van der Waals surface area contributed by atoms with Crippen molar-refractivity contribution in [1.29, 1.82) is 5.26 Å². The molecule has 3 heterocycles. The molecule has 0 amide bonds. The second kappa shape index (κ2) is 12.5. The number of carboxylic acid groups (broad SMARTS) is 1. The molecule has 216 valence electrons. The Balaban J connectivity index is 1.06. The molecule has 1 aromatic heterocycles. The van der Waals surface area contributed by atoms with Crippen molar-refractivity contribution in [1.82, 2.24) is 14.5 Å². The van der Waals surface area contributed by atoms with Crippen LogP contribution in [-0.4, -0.2) is 51.3 Å². The topological polar surface area (TPSA) is 101 Å². The van der Waals surface area contributed by atoms with E-state index in [1.807, 2.05) is 12.1 Å². The lowest BCUT2D eigenvalue weighted by atomic mass is 9.89. The fraction of sp³-hybridized carbons (Fsp3) is 0.364. The van der Waals surface area contributed by atoms with E-state index in [2.05, 4.69) is 33.7 Å². The average Bonchev–Trinajstić information content (AvgIpc) is 3.31. The highest BCUT2D eigenvalue weighted by Gasteiger charge is 2.25. The first-order valence-electron chi connectivity index (χ1n) is 14.4. The molecule has 0 aliphatic carbocycles. The van der Waals surface area contributed by atoms with Crippen LogP contribution in [0.3, 0.4) is 0 Å². The Morgan fingerprint density at radius 1 is 1.10 bits per heavy atom. The Morgan fingerprint density at radius 3 is 2.64 bits per heavy atom. The number of nitrogens with zero attached hydrogens (tertiary/aromatic N) is 4. The van der Waals surface area contributed by atoms with Gasteiger partial charge in [-0.2, -0.15) is 5.26 Å². The molecule has 3 aromatic carbocycles. The van der Waals surface area contributed by atoms with Crippen molar-refractivity contribution < 1.29 is 19.4 Å². The van der Waals surface area contributed by atoms with Crippen molar-refractivity contribution >= 4 is 28.6 Å². The lowest BCUT2D eigenvalue weighted by Gasteiger charge is -2.32. The molecule has 2 saturated heterocycles. The van der Waals surface area contributed by atoms with Crippen LogP contribution in [0, 0.1) is 17.2 Å². The first-order chi connectivity index (χ1) is 20.4. The average molecular weight is 585 g/mol. The number of carboxylic acids is 1. The number of aromatic nitrogens is 2. The van der Waals surface area contributed by atoms with Crippen LogP contribution >= 0.6 is 11.6 Å². The van der Waals surface area contributed by atoms with Gasteiger partial charge in [0.05, 0.1) is 41.4 Å². The van der Waals surface area contributed by atoms with Crippen LogP contribution in [0.4, 0.5) is 0 Å². The van der Waals surface area contributed by atoms with Crippen molar-refractivity contribution in [3.05, 3.63) is 93.8 Å². The maximum absolute atomic E-state index is 11.6. The summed E-state index contributed by atoms with van der Waals surface area (Å²) in [4.78, 5) is 19.0. The predicted molar refractivity (Wildman–Crippen MR) is 160 cm³/mol. The van der Waals surface area contributed by atoms with E-state index in [0.717, 1.165) is 74.3 Å². The second-order valence-corrected chi connectivity index (χ2v) is 11.6. The van der Waals surface area contributed by atoms with Gasteiger partial charge in [-0.25, -0.2) is 9.78 Å². The number of rotatable bonds is 10. The Hall–Kier alpha value is -3.90. The van der Waals surface area contributed by atoms with E-state index in [-0.39, 0.29) is 11.7 Å². The Bertz CT molecular complexity index is 1630. The highest BCUT2D eigenvalue weighted by atomic mass is 35.5. The third kappa shape index (κ3) is 6.44. The number of benzene rings is 3. The third-order valence-electron chi connectivity index (χ3n) is 8.30. The van der Waals surface area contributed by atoms with Gasteiger partial charge in [-0.1, -0.05) is 35.9 Å². The SMILES string of the molecule is N#Cc1cc(Cl)ccc1OCc1cccc(CC2CCN(Cc3nc4ccc(C(=O)O)cc4n3CC3CCO3)CC2)c1. The van der Waals surface area contributed by atoms with Crippen molar-refractivity contribution in [2.24, 2.45) is 5.92 Å². The minimum atomic E-state index is -0.930. The van der Waals surface area contributed by atoms with Gasteiger partial charge >= 0.3 is 5.97 Å². The monoisotopic (exact) mass is 584 g/mol. The third-order valence-corrected chi connectivity index (χ3v) is 8.53. The number of carbonyl (C=O) groups is 1. The zero-order chi connectivity index (χ0) is 29.1. The molecule has 1 N–H and O–H groups in total. The Labute approximate surface area is 250 Å². The van der Waals surface area contributed by atoms with Gasteiger partial charge in [-0.3, -0.25) is 4.90 Å². The molecule has 4 aromatic rings. The van der Waals surface area contributed by atoms with E-state index in [1.54, 1.807) is 30.3 Å². The summed E-state index contributed by atoms with van der Waals surface area (Å²) in [7, 11) is 0. The number of aromatic carboxylic acids is 1. The summed E-state index contributed by atoms with van der Waals surface area (Å²) in [6.45, 7) is 4.58. The summed E-state index contributed by atoms with van der Waals surface area (Å²) < 4.78 is 13.8. The molecule has 6 rings (SSSR count). The summed E-state index contributed by atoms with van der Waals surface area (Å²) >= 11 is 6.00. The van der Waals surface area contributed by atoms with E-state index < -0.39 is 5.97 Å². The van der Waals surface area contributed by atoms with Crippen LogP contribution in [0.15, 0.2) is 60.7 Å². The number of fused-ring (bicyclic) bond motifs is 1. The molecule has 0 radical (unpaired) electrons. The van der Waals surface area contributed by atoms with Crippen molar-refractivity contribution in [3.63, 3.8) is 0 Å². The molecule has 42 heavy (non-hydrogen) atoms. The minimum Gasteiger partial charge on any atom is -0.488 e. The molecule has 2 aliphatic rings. The second-order valence-electron chi connectivity index (χ2n) is 11.2. The highest BCUT2D eigenvalue weighted by Crippen LogP contribution is 2.27. The summed E-state index contributed by atoms with van der Waals surface area (Å²) in [5.74, 6) is 1.17. The molecule has 1 unspecified atom stereocenters. The number of imidazole rings is 1. The predicted octanol–water partition coefficient (Wildman–Crippen LogP) is 6.08. The minimum absolute atomic E-state index is 0.154. The molecule has 1 atom stereocenters. The van der Waals surface area contributed by atoms with Crippen LogP contribution in [0.5, 0.6) is 5.75 Å². The highest BCUT2D eigenvalue weighted by molar-refractivity contribution is 6.30. The fourth-order valence-electron chi connectivity index (χ4n) is 5.87. The van der Waals surface area contributed by atoms with Gasteiger partial charge in [-0.05, 0) is 92.2 Å². The van der Waals surface area contributed by atoms with E-state index in [0.29, 0.717) is 35.4 Å². The van der Waals surface area contributed by atoms with Gasteiger partial charge in [0.1, 0.15) is 24.3 Å². The fourth-order valence-corrected chi connectivity index (χ4v) is 6.04. The summed E-state index contributed by atoms with van der Waals surface area (Å²) in [6.07, 6.45) is 4.39. The van der Waals surface area contributed by atoms with E-state index >= 15 is 0 Å². The molecule has 9 heteroatoms. The maximum atomic E-state index is 11.6. The number of nitriles is 1. The number of piperidine rings is 1. The number of hydrogen-bond donors (Lipinski definition) is 1. The van der Waals surface area contributed by atoms with E-state index in [1.165, 1.54) is 5.56 Å². The van der Waals surface area contributed by atoms with Crippen LogP contribution in [0.25, 0.3) is 11.0 Å². The van der Waals surface area contributed by atoms with Crippen LogP contribution in [0.2, 0.25) is 5.02 Å². The molecule has 0 spiro atoms. The van der Waals surface area contributed by atoms with Crippen molar-refractivity contribution in [3.8, 4) is 11.8 Å². The summed E-state index contributed by atoms with van der Waals surface area (Å²) in [6, 6.07) is 20.9. The van der Waals surface area contributed by atoms with Gasteiger partial charge in [0, 0.05) is 11.6 Å². The number of likely N-dealkylation sites (tertiary alicyclic amines) is 1.